The summed E-state index contributed by atoms with van der Waals surface area (Å²) in [7, 11) is 0. The fraction of sp³-hybridized carbons (Fsp3) is 0.105. The minimum Gasteiger partial charge on any atom is -0.505 e. The lowest BCUT2D eigenvalue weighted by Gasteiger charge is -2.09. The third-order valence-electron chi connectivity index (χ3n) is 3.70. The van der Waals surface area contributed by atoms with Crippen LogP contribution in [0.3, 0.4) is 0 Å². The fourth-order valence-electron chi connectivity index (χ4n) is 2.39. The summed E-state index contributed by atoms with van der Waals surface area (Å²) in [5.41, 5.74) is 0.967. The molecule has 0 fully saturated rings. The van der Waals surface area contributed by atoms with E-state index in [1.807, 2.05) is 0 Å². The number of carboxylic acid groups (broad SMARTS) is 1. The van der Waals surface area contributed by atoms with Gasteiger partial charge in [0.25, 0.3) is 5.91 Å². The van der Waals surface area contributed by atoms with Crippen LogP contribution < -0.4 is 10.1 Å². The first-order valence-corrected chi connectivity index (χ1v) is 7.93. The molecule has 0 aliphatic rings. The minimum atomic E-state index is -1.20. The zero-order valence-electron chi connectivity index (χ0n) is 14.0. The summed E-state index contributed by atoms with van der Waals surface area (Å²) in [6.07, 6.45) is 0. The summed E-state index contributed by atoms with van der Waals surface area (Å²) in [4.78, 5) is 26.5. The molecule has 1 heterocycles. The van der Waals surface area contributed by atoms with Gasteiger partial charge in [0.1, 0.15) is 30.5 Å². The number of carboxylic acids is 1. The number of nitrogens with one attached hydrogen (secondary N) is 1. The number of rotatable bonds is 6. The summed E-state index contributed by atoms with van der Waals surface area (Å²) in [6.45, 7) is -0.338. The highest BCUT2D eigenvalue weighted by Gasteiger charge is 2.15. The topological polar surface area (TPSA) is 109 Å². The third kappa shape index (κ3) is 4.49. The van der Waals surface area contributed by atoms with Crippen molar-refractivity contribution in [3.63, 3.8) is 0 Å². The SMILES string of the molecule is O=C(O)CNC(=O)c1nc2ccc(OCc3ccc(F)cc3)cc2cc1O. The van der Waals surface area contributed by atoms with Crippen LogP contribution in [0.5, 0.6) is 11.5 Å². The number of benzene rings is 2. The zero-order chi connectivity index (χ0) is 19.4. The van der Waals surface area contributed by atoms with Gasteiger partial charge in [0.15, 0.2) is 5.69 Å². The molecule has 27 heavy (non-hydrogen) atoms. The summed E-state index contributed by atoms with van der Waals surface area (Å²) in [5.74, 6) is -2.17. The molecule has 2 aromatic carbocycles. The lowest BCUT2D eigenvalue weighted by molar-refractivity contribution is -0.135. The number of carbonyl (C=O) groups is 2. The van der Waals surface area contributed by atoms with Gasteiger partial charge in [-0.3, -0.25) is 9.59 Å². The monoisotopic (exact) mass is 370 g/mol. The van der Waals surface area contributed by atoms with Crippen molar-refractivity contribution in [2.45, 2.75) is 6.61 Å². The molecule has 0 radical (unpaired) electrons. The fourth-order valence-corrected chi connectivity index (χ4v) is 2.39. The maximum absolute atomic E-state index is 12.9. The van der Waals surface area contributed by atoms with Gasteiger partial charge in [-0.25, -0.2) is 9.37 Å². The van der Waals surface area contributed by atoms with Crippen molar-refractivity contribution in [3.8, 4) is 11.5 Å². The summed E-state index contributed by atoms with van der Waals surface area (Å²) in [5, 5.41) is 21.3. The highest BCUT2D eigenvalue weighted by molar-refractivity contribution is 5.99. The van der Waals surface area contributed by atoms with E-state index in [2.05, 4.69) is 10.3 Å². The summed E-state index contributed by atoms with van der Waals surface area (Å²) in [6, 6.07) is 12.2. The van der Waals surface area contributed by atoms with E-state index < -0.39 is 18.4 Å². The van der Waals surface area contributed by atoms with Crippen molar-refractivity contribution in [2.75, 3.05) is 6.54 Å². The highest BCUT2D eigenvalue weighted by Crippen LogP contribution is 2.26. The number of aromatic nitrogens is 1. The highest BCUT2D eigenvalue weighted by atomic mass is 19.1. The Bertz CT molecular complexity index is 1000. The van der Waals surface area contributed by atoms with E-state index in [-0.39, 0.29) is 23.9 Å². The maximum Gasteiger partial charge on any atom is 0.322 e. The largest absolute Gasteiger partial charge is 0.505 e. The molecule has 1 amide bonds. The number of aromatic hydroxyl groups is 1. The first kappa shape index (κ1) is 18.1. The number of nitrogens with zero attached hydrogens (tertiary/aromatic N) is 1. The van der Waals surface area contributed by atoms with Crippen LogP contribution in [0.25, 0.3) is 10.9 Å². The Morgan fingerprint density at radius 2 is 1.85 bits per heavy atom. The van der Waals surface area contributed by atoms with E-state index in [1.165, 1.54) is 18.2 Å². The molecular formula is C19H15FN2O5. The predicted molar refractivity (Wildman–Crippen MR) is 94.1 cm³/mol. The zero-order valence-corrected chi connectivity index (χ0v) is 14.0. The molecule has 7 nitrogen and oxygen atoms in total. The van der Waals surface area contributed by atoms with E-state index in [4.69, 9.17) is 9.84 Å². The molecule has 0 spiro atoms. The molecule has 138 valence electrons. The van der Waals surface area contributed by atoms with E-state index in [0.29, 0.717) is 16.7 Å². The average Bonchev–Trinajstić information content (AvgIpc) is 2.65. The normalized spacial score (nSPS) is 10.6. The lowest BCUT2D eigenvalue weighted by atomic mass is 10.1. The van der Waals surface area contributed by atoms with E-state index in [0.717, 1.165) is 5.56 Å². The molecular weight excluding hydrogens is 355 g/mol. The Balaban J connectivity index is 1.77. The van der Waals surface area contributed by atoms with Crippen molar-refractivity contribution < 1.29 is 28.9 Å². The van der Waals surface area contributed by atoms with Crippen molar-refractivity contribution in [3.05, 3.63) is 65.6 Å². The van der Waals surface area contributed by atoms with E-state index in [9.17, 15) is 19.1 Å². The van der Waals surface area contributed by atoms with Crippen LogP contribution in [0, 0.1) is 5.82 Å². The molecule has 0 saturated carbocycles. The molecule has 3 aromatic rings. The van der Waals surface area contributed by atoms with Crippen molar-refractivity contribution in [1.82, 2.24) is 10.3 Å². The number of hydrogen-bond acceptors (Lipinski definition) is 5. The summed E-state index contributed by atoms with van der Waals surface area (Å²) < 4.78 is 18.6. The van der Waals surface area contributed by atoms with Crippen LogP contribution in [-0.2, 0) is 11.4 Å². The number of amides is 1. The molecule has 3 rings (SSSR count). The van der Waals surface area contributed by atoms with Gasteiger partial charge in [-0.05, 0) is 42.0 Å². The van der Waals surface area contributed by atoms with Crippen molar-refractivity contribution in [1.29, 1.82) is 0 Å². The minimum absolute atomic E-state index is 0.237. The Hall–Kier alpha value is -3.68. The van der Waals surface area contributed by atoms with Gasteiger partial charge in [0, 0.05) is 5.39 Å². The smallest absolute Gasteiger partial charge is 0.322 e. The molecule has 1 aromatic heterocycles. The van der Waals surface area contributed by atoms with E-state index >= 15 is 0 Å². The second kappa shape index (κ2) is 7.69. The van der Waals surface area contributed by atoms with E-state index in [1.54, 1.807) is 30.3 Å². The van der Waals surface area contributed by atoms with Gasteiger partial charge in [0.05, 0.1) is 5.52 Å². The maximum atomic E-state index is 12.9. The predicted octanol–water partition coefficient (Wildman–Crippen LogP) is 2.47. The quantitative estimate of drug-likeness (QED) is 0.615. The number of fused-ring (bicyclic) bond motifs is 1. The van der Waals surface area contributed by atoms with Crippen LogP contribution in [0.4, 0.5) is 4.39 Å². The Labute approximate surface area is 153 Å². The van der Waals surface area contributed by atoms with Gasteiger partial charge in [-0.1, -0.05) is 12.1 Å². The van der Waals surface area contributed by atoms with Gasteiger partial charge >= 0.3 is 5.97 Å². The number of pyridine rings is 1. The molecule has 0 saturated heterocycles. The third-order valence-corrected chi connectivity index (χ3v) is 3.70. The molecule has 0 aliphatic carbocycles. The van der Waals surface area contributed by atoms with Gasteiger partial charge in [-0.15, -0.1) is 0 Å². The molecule has 0 unspecified atom stereocenters. The molecule has 8 heteroatoms. The standard InChI is InChI=1S/C19H15FN2O5/c20-13-3-1-11(2-4-13)10-27-14-5-6-15-12(7-14)8-16(23)18(22-15)19(26)21-9-17(24)25/h1-8,23H,9-10H2,(H,21,26)(H,24,25). The van der Waals surface area contributed by atoms with Crippen molar-refractivity contribution in [2.24, 2.45) is 0 Å². The number of aliphatic carboxylic acids is 1. The van der Waals surface area contributed by atoms with Crippen LogP contribution in [0.2, 0.25) is 0 Å². The molecule has 3 N–H and O–H groups in total. The van der Waals surface area contributed by atoms with Crippen LogP contribution in [0.1, 0.15) is 16.1 Å². The number of halogens is 1. The number of hydrogen-bond donors (Lipinski definition) is 3. The first-order chi connectivity index (χ1) is 12.9. The van der Waals surface area contributed by atoms with Crippen LogP contribution in [0.15, 0.2) is 48.5 Å². The molecule has 0 atom stereocenters. The van der Waals surface area contributed by atoms with Crippen molar-refractivity contribution >= 4 is 22.8 Å². The number of carbonyl (C=O) groups excluding carboxylic acids is 1. The van der Waals surface area contributed by atoms with Gasteiger partial charge < -0.3 is 20.3 Å². The molecule has 0 aliphatic heterocycles. The Morgan fingerprint density at radius 1 is 1.11 bits per heavy atom. The number of ether oxygens (including phenoxy) is 1. The van der Waals surface area contributed by atoms with Crippen LogP contribution in [-0.4, -0.2) is 33.6 Å². The Kier molecular flexibility index (Phi) is 5.16. The second-order valence-electron chi connectivity index (χ2n) is 5.70. The summed E-state index contributed by atoms with van der Waals surface area (Å²) >= 11 is 0. The van der Waals surface area contributed by atoms with Crippen LogP contribution >= 0.6 is 0 Å². The molecule has 0 bridgehead atoms. The average molecular weight is 370 g/mol. The Morgan fingerprint density at radius 3 is 2.56 bits per heavy atom. The van der Waals surface area contributed by atoms with Gasteiger partial charge in [0.2, 0.25) is 0 Å². The first-order valence-electron chi connectivity index (χ1n) is 7.93. The van der Waals surface area contributed by atoms with Gasteiger partial charge in [-0.2, -0.15) is 0 Å². The second-order valence-corrected chi connectivity index (χ2v) is 5.70. The lowest BCUT2D eigenvalue weighted by Crippen LogP contribution is -2.29.